The largest absolute Gasteiger partial charge is 0.383 e. The van der Waals surface area contributed by atoms with Gasteiger partial charge in [-0.15, -0.1) is 0 Å². The predicted octanol–water partition coefficient (Wildman–Crippen LogP) is 2.19. The van der Waals surface area contributed by atoms with Crippen LogP contribution in [-0.2, 0) is 4.79 Å². The van der Waals surface area contributed by atoms with E-state index >= 15 is 0 Å². The van der Waals surface area contributed by atoms with Gasteiger partial charge in [-0.1, -0.05) is 13.0 Å². The zero-order valence-corrected chi connectivity index (χ0v) is 10.9. The highest BCUT2D eigenvalue weighted by molar-refractivity contribution is 5.76. The molecule has 0 heterocycles. The van der Waals surface area contributed by atoms with Gasteiger partial charge in [0.15, 0.2) is 0 Å². The molecule has 0 bridgehead atoms. The summed E-state index contributed by atoms with van der Waals surface area (Å²) >= 11 is 0. The fourth-order valence-electron chi connectivity index (χ4n) is 1.57. The zero-order chi connectivity index (χ0) is 13.4. The Kier molecular flexibility index (Phi) is 5.72. The van der Waals surface area contributed by atoms with E-state index < -0.39 is 0 Å². The Balaban J connectivity index is 2.46. The highest BCUT2D eigenvalue weighted by Gasteiger charge is 2.03. The van der Waals surface area contributed by atoms with Crippen LogP contribution in [0.4, 0.5) is 5.69 Å². The molecule has 0 atom stereocenters. The first-order valence-electron chi connectivity index (χ1n) is 6.18. The van der Waals surface area contributed by atoms with Crippen LogP contribution in [0.25, 0.3) is 0 Å². The van der Waals surface area contributed by atoms with Crippen molar-refractivity contribution in [3.8, 4) is 6.07 Å². The molecule has 4 heteroatoms. The molecule has 18 heavy (non-hydrogen) atoms. The Morgan fingerprint density at radius 2 is 2.17 bits per heavy atom. The van der Waals surface area contributed by atoms with Gasteiger partial charge < -0.3 is 10.6 Å². The van der Waals surface area contributed by atoms with Gasteiger partial charge in [-0.2, -0.15) is 5.26 Å². The van der Waals surface area contributed by atoms with Crippen LogP contribution in [0.3, 0.4) is 0 Å². The van der Waals surface area contributed by atoms with Gasteiger partial charge >= 0.3 is 0 Å². The summed E-state index contributed by atoms with van der Waals surface area (Å²) < 4.78 is 0. The molecule has 0 aliphatic rings. The van der Waals surface area contributed by atoms with Crippen LogP contribution in [0, 0.1) is 18.3 Å². The van der Waals surface area contributed by atoms with Crippen LogP contribution in [0.2, 0.25) is 0 Å². The van der Waals surface area contributed by atoms with E-state index in [0.29, 0.717) is 25.1 Å². The molecule has 1 aromatic rings. The smallest absolute Gasteiger partial charge is 0.221 e. The third-order valence-corrected chi connectivity index (χ3v) is 2.54. The van der Waals surface area contributed by atoms with Crippen molar-refractivity contribution >= 4 is 11.6 Å². The van der Waals surface area contributed by atoms with Crippen LogP contribution in [0.15, 0.2) is 18.2 Å². The van der Waals surface area contributed by atoms with Crippen LogP contribution in [-0.4, -0.2) is 19.0 Å². The second-order valence-electron chi connectivity index (χ2n) is 4.19. The number of hydrogen-bond donors (Lipinski definition) is 2. The van der Waals surface area contributed by atoms with Crippen LogP contribution < -0.4 is 10.6 Å². The molecular formula is C14H19N3O. The van der Waals surface area contributed by atoms with E-state index in [0.717, 1.165) is 17.7 Å². The number of hydrogen-bond acceptors (Lipinski definition) is 3. The third kappa shape index (κ3) is 4.46. The summed E-state index contributed by atoms with van der Waals surface area (Å²) in [6, 6.07) is 7.74. The molecule has 0 fully saturated rings. The maximum atomic E-state index is 11.4. The van der Waals surface area contributed by atoms with Crippen molar-refractivity contribution in [2.45, 2.75) is 26.7 Å². The van der Waals surface area contributed by atoms with Gasteiger partial charge in [0.2, 0.25) is 5.91 Å². The number of benzene rings is 1. The van der Waals surface area contributed by atoms with E-state index in [4.69, 9.17) is 5.26 Å². The highest BCUT2D eigenvalue weighted by Crippen LogP contribution is 2.16. The molecule has 0 unspecified atom stereocenters. The van der Waals surface area contributed by atoms with Gasteiger partial charge in [-0.25, -0.2) is 0 Å². The molecule has 1 aromatic carbocycles. The molecule has 1 rings (SSSR count). The summed E-state index contributed by atoms with van der Waals surface area (Å²) in [4.78, 5) is 11.4. The molecule has 0 spiro atoms. The van der Waals surface area contributed by atoms with Gasteiger partial charge in [0.25, 0.3) is 0 Å². The van der Waals surface area contributed by atoms with Crippen molar-refractivity contribution in [2.75, 3.05) is 18.4 Å². The second-order valence-corrected chi connectivity index (χ2v) is 4.19. The number of nitriles is 1. The average molecular weight is 245 g/mol. The third-order valence-electron chi connectivity index (χ3n) is 2.54. The van der Waals surface area contributed by atoms with E-state index in [1.54, 1.807) is 6.07 Å². The fraction of sp³-hybridized carbons (Fsp3) is 0.429. The monoisotopic (exact) mass is 245 g/mol. The Morgan fingerprint density at radius 1 is 1.39 bits per heavy atom. The highest BCUT2D eigenvalue weighted by atomic mass is 16.1. The van der Waals surface area contributed by atoms with E-state index in [2.05, 4.69) is 16.7 Å². The second kappa shape index (κ2) is 7.33. The molecule has 2 N–H and O–H groups in total. The van der Waals surface area contributed by atoms with Gasteiger partial charge in [0, 0.05) is 19.5 Å². The van der Waals surface area contributed by atoms with Crippen molar-refractivity contribution in [1.29, 1.82) is 5.26 Å². The number of rotatable bonds is 6. The van der Waals surface area contributed by atoms with Crippen molar-refractivity contribution in [2.24, 2.45) is 0 Å². The predicted molar refractivity (Wildman–Crippen MR) is 72.3 cm³/mol. The maximum Gasteiger partial charge on any atom is 0.221 e. The molecule has 0 aliphatic carbocycles. The molecule has 0 saturated heterocycles. The van der Waals surface area contributed by atoms with Crippen molar-refractivity contribution in [3.63, 3.8) is 0 Å². The van der Waals surface area contributed by atoms with E-state index in [9.17, 15) is 4.79 Å². The molecule has 1 amide bonds. The van der Waals surface area contributed by atoms with Crippen molar-refractivity contribution < 1.29 is 4.79 Å². The number of amides is 1. The number of nitrogens with zero attached hydrogens (tertiary/aromatic N) is 1. The lowest BCUT2D eigenvalue weighted by molar-refractivity contribution is -0.120. The van der Waals surface area contributed by atoms with Crippen LogP contribution in [0.5, 0.6) is 0 Å². The SMILES string of the molecule is CCCNC(=O)CCNc1cc(C)ccc1C#N. The summed E-state index contributed by atoms with van der Waals surface area (Å²) in [6.45, 7) is 5.24. The number of carbonyl (C=O) groups is 1. The number of carbonyl (C=O) groups excluding carboxylic acids is 1. The zero-order valence-electron chi connectivity index (χ0n) is 10.9. The van der Waals surface area contributed by atoms with Crippen molar-refractivity contribution in [1.82, 2.24) is 5.32 Å². The summed E-state index contributed by atoms with van der Waals surface area (Å²) in [7, 11) is 0. The number of anilines is 1. The fourth-order valence-corrected chi connectivity index (χ4v) is 1.57. The van der Waals surface area contributed by atoms with Gasteiger partial charge in [-0.3, -0.25) is 4.79 Å². The summed E-state index contributed by atoms with van der Waals surface area (Å²) in [6.07, 6.45) is 1.36. The first kappa shape index (κ1) is 14.0. The van der Waals surface area contributed by atoms with Gasteiger partial charge in [-0.05, 0) is 31.0 Å². The standard InChI is InChI=1S/C14H19N3O/c1-3-7-17-14(18)6-8-16-13-9-11(2)4-5-12(13)10-15/h4-5,9,16H,3,6-8H2,1-2H3,(H,17,18). The molecule has 0 aromatic heterocycles. The average Bonchev–Trinajstić information content (AvgIpc) is 2.36. The van der Waals surface area contributed by atoms with Crippen LogP contribution >= 0.6 is 0 Å². The van der Waals surface area contributed by atoms with Gasteiger partial charge in [0.1, 0.15) is 6.07 Å². The Morgan fingerprint density at radius 3 is 2.83 bits per heavy atom. The lowest BCUT2D eigenvalue weighted by atomic mass is 10.1. The molecule has 0 saturated carbocycles. The maximum absolute atomic E-state index is 11.4. The Hall–Kier alpha value is -2.02. The number of aryl methyl sites for hydroxylation is 1. The molecule has 0 radical (unpaired) electrons. The summed E-state index contributed by atoms with van der Waals surface area (Å²) in [5.41, 5.74) is 2.49. The molecule has 0 aliphatic heterocycles. The van der Waals surface area contributed by atoms with E-state index in [1.165, 1.54) is 0 Å². The van der Waals surface area contributed by atoms with E-state index in [-0.39, 0.29) is 5.91 Å². The minimum absolute atomic E-state index is 0.0375. The number of nitrogens with one attached hydrogen (secondary N) is 2. The molecular weight excluding hydrogens is 226 g/mol. The summed E-state index contributed by atoms with van der Waals surface area (Å²) in [5, 5.41) is 14.9. The topological polar surface area (TPSA) is 64.9 Å². The minimum Gasteiger partial charge on any atom is -0.383 e. The molecule has 4 nitrogen and oxygen atoms in total. The first-order chi connectivity index (χ1) is 8.67. The lowest BCUT2D eigenvalue weighted by Crippen LogP contribution is -2.25. The van der Waals surface area contributed by atoms with Gasteiger partial charge in [0.05, 0.1) is 11.3 Å². The Labute approximate surface area is 108 Å². The normalized spacial score (nSPS) is 9.61. The van der Waals surface area contributed by atoms with Crippen molar-refractivity contribution in [3.05, 3.63) is 29.3 Å². The van der Waals surface area contributed by atoms with E-state index in [1.807, 2.05) is 26.0 Å². The lowest BCUT2D eigenvalue weighted by Gasteiger charge is -2.09. The summed E-state index contributed by atoms with van der Waals surface area (Å²) in [5.74, 6) is 0.0375. The first-order valence-corrected chi connectivity index (χ1v) is 6.18. The van der Waals surface area contributed by atoms with Crippen LogP contribution in [0.1, 0.15) is 30.9 Å². The molecule has 96 valence electrons. The minimum atomic E-state index is 0.0375. The Bertz CT molecular complexity index is 449. The quantitative estimate of drug-likeness (QED) is 0.807.